The molecule has 0 radical (unpaired) electrons. The lowest BCUT2D eigenvalue weighted by Gasteiger charge is -2.15. The molecule has 64 valence electrons. The Morgan fingerprint density at radius 3 is 2.83 bits per heavy atom. The molecule has 0 bridgehead atoms. The fourth-order valence-corrected chi connectivity index (χ4v) is 2.13. The number of rotatable bonds is 1. The first-order chi connectivity index (χ1) is 5.79. The number of thioether (sulfide) groups is 1. The van der Waals surface area contributed by atoms with Gasteiger partial charge in [-0.2, -0.15) is 0 Å². The van der Waals surface area contributed by atoms with E-state index in [0.29, 0.717) is 5.75 Å². The highest BCUT2D eigenvalue weighted by Gasteiger charge is 2.18. The van der Waals surface area contributed by atoms with E-state index in [1.54, 1.807) is 23.9 Å². The van der Waals surface area contributed by atoms with Crippen molar-refractivity contribution in [3.05, 3.63) is 36.0 Å². The fraction of sp³-hybridized carbons (Fsp3) is 0.300. The summed E-state index contributed by atoms with van der Waals surface area (Å²) in [5.41, 5.74) is 1.97. The summed E-state index contributed by atoms with van der Waals surface area (Å²) in [6.07, 6.45) is 5.48. The Bertz CT molecular complexity index is 261. The highest BCUT2D eigenvalue weighted by molar-refractivity contribution is 8.00. The number of allylic oxidation sites excluding steroid dienone is 4. The minimum Gasteiger partial charge on any atom is -0.293 e. The molecule has 0 unspecified atom stereocenters. The molecule has 1 rings (SSSR count). The van der Waals surface area contributed by atoms with Crippen molar-refractivity contribution in [1.29, 1.82) is 0 Å². The number of ketones is 1. The zero-order valence-corrected chi connectivity index (χ0v) is 7.99. The Labute approximate surface area is 77.2 Å². The summed E-state index contributed by atoms with van der Waals surface area (Å²) >= 11 is 1.67. The minimum atomic E-state index is 0.222. The lowest BCUT2D eigenvalue weighted by atomic mass is 10.0. The third-order valence-corrected chi connectivity index (χ3v) is 2.75. The van der Waals surface area contributed by atoms with Crippen LogP contribution in [-0.2, 0) is 4.79 Å². The predicted molar refractivity (Wildman–Crippen MR) is 54.4 cm³/mol. The summed E-state index contributed by atoms with van der Waals surface area (Å²) in [7, 11) is 0. The average molecular weight is 180 g/mol. The van der Waals surface area contributed by atoms with E-state index in [4.69, 9.17) is 0 Å². The third kappa shape index (κ3) is 1.89. The number of carbonyl (C=O) groups excluding carboxylic acids is 1. The maximum Gasteiger partial charge on any atom is 0.173 e. The molecule has 0 aromatic rings. The first-order valence-corrected chi connectivity index (χ1v) is 5.04. The molecule has 0 amide bonds. The normalized spacial score (nSPS) is 24.9. The van der Waals surface area contributed by atoms with Gasteiger partial charge in [-0.1, -0.05) is 24.8 Å². The molecule has 12 heavy (non-hydrogen) atoms. The van der Waals surface area contributed by atoms with E-state index >= 15 is 0 Å². The zero-order valence-electron chi connectivity index (χ0n) is 7.17. The van der Waals surface area contributed by atoms with E-state index in [9.17, 15) is 4.79 Å². The SMILES string of the molecule is C=C/C=C1/C(=O)CSC/C1=C/C. The summed E-state index contributed by atoms with van der Waals surface area (Å²) in [6, 6.07) is 0. The van der Waals surface area contributed by atoms with E-state index in [0.717, 1.165) is 16.9 Å². The van der Waals surface area contributed by atoms with E-state index in [1.807, 2.05) is 13.0 Å². The van der Waals surface area contributed by atoms with Crippen LogP contribution < -0.4 is 0 Å². The quantitative estimate of drug-likeness (QED) is 0.576. The summed E-state index contributed by atoms with van der Waals surface area (Å²) in [5.74, 6) is 1.78. The number of hydrogen-bond donors (Lipinski definition) is 0. The maximum absolute atomic E-state index is 11.4. The molecular weight excluding hydrogens is 168 g/mol. The summed E-state index contributed by atoms with van der Waals surface area (Å²) < 4.78 is 0. The molecule has 0 N–H and O–H groups in total. The van der Waals surface area contributed by atoms with Crippen molar-refractivity contribution in [3.63, 3.8) is 0 Å². The monoisotopic (exact) mass is 180 g/mol. The first kappa shape index (κ1) is 9.33. The smallest absolute Gasteiger partial charge is 0.173 e. The molecule has 0 aromatic carbocycles. The molecule has 0 saturated carbocycles. The van der Waals surface area contributed by atoms with Crippen molar-refractivity contribution < 1.29 is 4.79 Å². The van der Waals surface area contributed by atoms with Gasteiger partial charge < -0.3 is 0 Å². The van der Waals surface area contributed by atoms with E-state index in [-0.39, 0.29) is 5.78 Å². The lowest BCUT2D eigenvalue weighted by Crippen LogP contribution is -2.15. The molecule has 2 heteroatoms. The topological polar surface area (TPSA) is 17.1 Å². The van der Waals surface area contributed by atoms with Crippen LogP contribution in [0.3, 0.4) is 0 Å². The Kier molecular flexibility index (Phi) is 3.35. The van der Waals surface area contributed by atoms with E-state index in [1.165, 1.54) is 0 Å². The Morgan fingerprint density at radius 2 is 2.25 bits per heavy atom. The molecule has 0 atom stereocenters. The van der Waals surface area contributed by atoms with Crippen molar-refractivity contribution in [2.75, 3.05) is 11.5 Å². The first-order valence-electron chi connectivity index (χ1n) is 3.88. The van der Waals surface area contributed by atoms with Crippen LogP contribution in [0.1, 0.15) is 6.92 Å². The summed E-state index contributed by atoms with van der Waals surface area (Å²) in [4.78, 5) is 11.4. The van der Waals surface area contributed by atoms with Gasteiger partial charge in [0, 0.05) is 11.3 Å². The van der Waals surface area contributed by atoms with Gasteiger partial charge in [-0.15, -0.1) is 11.8 Å². The largest absolute Gasteiger partial charge is 0.293 e. The fourth-order valence-electron chi connectivity index (χ4n) is 1.14. The highest BCUT2D eigenvalue weighted by Crippen LogP contribution is 2.24. The Hall–Kier alpha value is -0.760. The van der Waals surface area contributed by atoms with Crippen LogP contribution in [0, 0.1) is 0 Å². The Morgan fingerprint density at radius 1 is 1.50 bits per heavy atom. The standard InChI is InChI=1S/C10H12OS/c1-3-5-9-8(4-2)6-12-7-10(9)11/h3-5H,1,6-7H2,2H3/b8-4-,9-5+. The van der Waals surface area contributed by atoms with Gasteiger partial charge in [0.05, 0.1) is 5.75 Å². The molecule has 0 aromatic heterocycles. The second-order valence-electron chi connectivity index (χ2n) is 2.55. The third-order valence-electron chi connectivity index (χ3n) is 1.77. The minimum absolute atomic E-state index is 0.222. The number of Topliss-reactive ketones (excluding diaryl/α,β-unsaturated/α-hetero) is 1. The molecular formula is C10H12OS. The molecule has 1 saturated heterocycles. The summed E-state index contributed by atoms with van der Waals surface area (Å²) in [5, 5.41) is 0. The zero-order chi connectivity index (χ0) is 8.97. The molecule has 1 nitrogen and oxygen atoms in total. The Balaban J connectivity index is 2.95. The van der Waals surface area contributed by atoms with Crippen LogP contribution in [0.4, 0.5) is 0 Å². The van der Waals surface area contributed by atoms with Gasteiger partial charge in [-0.3, -0.25) is 4.79 Å². The van der Waals surface area contributed by atoms with Gasteiger partial charge >= 0.3 is 0 Å². The van der Waals surface area contributed by atoms with Gasteiger partial charge in [-0.25, -0.2) is 0 Å². The van der Waals surface area contributed by atoms with Gasteiger partial charge in [0.25, 0.3) is 0 Å². The van der Waals surface area contributed by atoms with E-state index in [2.05, 4.69) is 6.58 Å². The lowest BCUT2D eigenvalue weighted by molar-refractivity contribution is -0.113. The van der Waals surface area contributed by atoms with Crippen molar-refractivity contribution in [3.8, 4) is 0 Å². The average Bonchev–Trinajstić information content (AvgIpc) is 2.09. The van der Waals surface area contributed by atoms with Gasteiger partial charge in [-0.05, 0) is 12.5 Å². The molecule has 1 fully saturated rings. The van der Waals surface area contributed by atoms with Crippen molar-refractivity contribution in [1.82, 2.24) is 0 Å². The maximum atomic E-state index is 11.4. The van der Waals surface area contributed by atoms with Crippen molar-refractivity contribution in [2.24, 2.45) is 0 Å². The number of hydrogen-bond acceptors (Lipinski definition) is 2. The summed E-state index contributed by atoms with van der Waals surface area (Å²) in [6.45, 7) is 5.56. The molecule has 0 aliphatic carbocycles. The predicted octanol–water partition coefficient (Wildman–Crippen LogP) is 2.36. The van der Waals surface area contributed by atoms with Crippen LogP contribution in [-0.4, -0.2) is 17.3 Å². The van der Waals surface area contributed by atoms with Crippen LogP contribution in [0.5, 0.6) is 0 Å². The van der Waals surface area contributed by atoms with Crippen LogP contribution in [0.25, 0.3) is 0 Å². The van der Waals surface area contributed by atoms with Crippen molar-refractivity contribution in [2.45, 2.75) is 6.92 Å². The van der Waals surface area contributed by atoms with Crippen LogP contribution in [0.2, 0.25) is 0 Å². The van der Waals surface area contributed by atoms with Gasteiger partial charge in [0.1, 0.15) is 0 Å². The van der Waals surface area contributed by atoms with Crippen LogP contribution in [0.15, 0.2) is 36.0 Å². The molecule has 0 spiro atoms. The van der Waals surface area contributed by atoms with Gasteiger partial charge in [0.15, 0.2) is 5.78 Å². The van der Waals surface area contributed by atoms with E-state index < -0.39 is 0 Å². The van der Waals surface area contributed by atoms with Crippen molar-refractivity contribution >= 4 is 17.5 Å². The molecule has 1 heterocycles. The van der Waals surface area contributed by atoms with Gasteiger partial charge in [0.2, 0.25) is 0 Å². The molecule has 1 aliphatic rings. The highest BCUT2D eigenvalue weighted by atomic mass is 32.2. The second kappa shape index (κ2) is 4.31. The second-order valence-corrected chi connectivity index (χ2v) is 3.53. The molecule has 1 aliphatic heterocycles. The van der Waals surface area contributed by atoms with Crippen LogP contribution >= 0.6 is 11.8 Å². The number of carbonyl (C=O) groups is 1.